The van der Waals surface area contributed by atoms with Crippen LogP contribution in [0.25, 0.3) is 5.65 Å². The third-order valence-corrected chi connectivity index (χ3v) is 3.90. The van der Waals surface area contributed by atoms with E-state index < -0.39 is 5.51 Å². The number of halogens is 3. The van der Waals surface area contributed by atoms with Gasteiger partial charge in [0.1, 0.15) is 0 Å². The van der Waals surface area contributed by atoms with Gasteiger partial charge in [0.05, 0.1) is 5.69 Å². The van der Waals surface area contributed by atoms with Gasteiger partial charge in [-0.1, -0.05) is 0 Å². The molecule has 0 amide bonds. The highest BCUT2D eigenvalue weighted by Crippen LogP contribution is 2.29. The first kappa shape index (κ1) is 16.1. The summed E-state index contributed by atoms with van der Waals surface area (Å²) in [6, 6.07) is 1.80. The van der Waals surface area contributed by atoms with Gasteiger partial charge in [-0.15, -0.1) is 0 Å². The first-order chi connectivity index (χ1) is 9.78. The first-order valence-electron chi connectivity index (χ1n) is 6.54. The lowest BCUT2D eigenvalue weighted by Crippen LogP contribution is -2.24. The van der Waals surface area contributed by atoms with E-state index in [1.54, 1.807) is 10.7 Å². The fraction of sp³-hybridized carbons (Fsp3) is 0.538. The minimum atomic E-state index is -4.17. The molecule has 2 aromatic rings. The van der Waals surface area contributed by atoms with Crippen molar-refractivity contribution in [3.63, 3.8) is 0 Å². The molecule has 0 saturated carbocycles. The van der Waals surface area contributed by atoms with E-state index in [1.807, 2.05) is 26.8 Å². The van der Waals surface area contributed by atoms with Crippen LogP contribution in [-0.2, 0) is 0 Å². The minimum Gasteiger partial charge on any atom is -0.309 e. The van der Waals surface area contributed by atoms with Crippen LogP contribution in [0.4, 0.5) is 13.2 Å². The quantitative estimate of drug-likeness (QED) is 0.859. The van der Waals surface area contributed by atoms with Gasteiger partial charge in [0.15, 0.2) is 5.65 Å². The molecule has 21 heavy (non-hydrogen) atoms. The fourth-order valence-corrected chi connectivity index (χ4v) is 2.60. The Bertz CT molecular complexity index is 624. The molecule has 1 N–H and O–H groups in total. The largest absolute Gasteiger partial charge is 0.441 e. The maximum atomic E-state index is 12.1. The number of fused-ring (bicyclic) bond motifs is 1. The number of aromatic nitrogens is 3. The molecule has 0 aliphatic carbocycles. The van der Waals surface area contributed by atoms with E-state index in [0.29, 0.717) is 0 Å². The Morgan fingerprint density at radius 1 is 1.38 bits per heavy atom. The average molecular weight is 318 g/mol. The summed E-state index contributed by atoms with van der Waals surface area (Å²) in [5.41, 5.74) is -0.647. The topological polar surface area (TPSA) is 42.2 Å². The van der Waals surface area contributed by atoms with Crippen molar-refractivity contribution in [2.45, 2.75) is 32.3 Å². The summed E-state index contributed by atoms with van der Waals surface area (Å²) in [5, 5.41) is 7.44. The van der Waals surface area contributed by atoms with Crippen molar-refractivity contribution in [1.29, 1.82) is 0 Å². The summed E-state index contributed by atoms with van der Waals surface area (Å²) in [4.78, 5) is 4.33. The van der Waals surface area contributed by atoms with Crippen LogP contribution in [0.1, 0.15) is 29.9 Å². The van der Waals surface area contributed by atoms with Gasteiger partial charge in [-0.2, -0.15) is 18.3 Å². The van der Waals surface area contributed by atoms with Crippen LogP contribution in [0.2, 0.25) is 0 Å². The van der Waals surface area contributed by atoms with Gasteiger partial charge in [-0.25, -0.2) is 9.50 Å². The Hall–Kier alpha value is -1.28. The van der Waals surface area contributed by atoms with E-state index in [1.165, 1.54) is 0 Å². The zero-order valence-corrected chi connectivity index (χ0v) is 12.8. The van der Waals surface area contributed by atoms with Crippen LogP contribution in [0.5, 0.6) is 0 Å². The molecule has 0 spiro atoms. The molecule has 8 heteroatoms. The lowest BCUT2D eigenvalue weighted by atomic mass is 10.1. The molecule has 0 aromatic carbocycles. The second-order valence-corrected chi connectivity index (χ2v) is 5.98. The molecule has 2 rings (SSSR count). The number of rotatable bonds is 5. The van der Waals surface area contributed by atoms with Crippen LogP contribution in [-0.4, -0.2) is 32.4 Å². The predicted molar refractivity (Wildman–Crippen MR) is 77.4 cm³/mol. The highest BCUT2D eigenvalue weighted by atomic mass is 32.2. The van der Waals surface area contributed by atoms with Gasteiger partial charge in [-0.05, 0) is 32.5 Å². The summed E-state index contributed by atoms with van der Waals surface area (Å²) < 4.78 is 37.9. The molecule has 2 heterocycles. The van der Waals surface area contributed by atoms with E-state index in [4.69, 9.17) is 0 Å². The minimum absolute atomic E-state index is 0.0105. The van der Waals surface area contributed by atoms with Crippen LogP contribution in [0, 0.1) is 13.8 Å². The zero-order valence-electron chi connectivity index (χ0n) is 12.0. The Morgan fingerprint density at radius 2 is 2.10 bits per heavy atom. The molecular formula is C13H17F3N4S. The van der Waals surface area contributed by atoms with E-state index in [9.17, 15) is 13.2 Å². The third-order valence-electron chi connectivity index (χ3n) is 3.17. The molecule has 0 fully saturated rings. The SMILES string of the molecule is Cc1cc2ncc(C(C)NCCSC(F)(F)F)c(C)n2n1. The Morgan fingerprint density at radius 3 is 2.76 bits per heavy atom. The summed E-state index contributed by atoms with van der Waals surface area (Å²) in [6.07, 6.45) is 1.75. The zero-order chi connectivity index (χ0) is 15.6. The molecule has 0 radical (unpaired) electrons. The Balaban J connectivity index is 2.02. The second kappa shape index (κ2) is 6.23. The summed E-state index contributed by atoms with van der Waals surface area (Å²) in [7, 11) is 0. The van der Waals surface area contributed by atoms with Crippen molar-refractivity contribution in [1.82, 2.24) is 19.9 Å². The lowest BCUT2D eigenvalue weighted by Gasteiger charge is -2.16. The lowest BCUT2D eigenvalue weighted by molar-refractivity contribution is -0.0327. The van der Waals surface area contributed by atoms with Crippen LogP contribution in [0.15, 0.2) is 12.3 Å². The molecular weight excluding hydrogens is 301 g/mol. The molecule has 1 unspecified atom stereocenters. The van der Waals surface area contributed by atoms with Gasteiger partial charge in [0.2, 0.25) is 0 Å². The van der Waals surface area contributed by atoms with Gasteiger partial charge in [0.25, 0.3) is 0 Å². The molecule has 2 aromatic heterocycles. The van der Waals surface area contributed by atoms with Gasteiger partial charge in [0, 0.05) is 41.9 Å². The molecule has 0 aliphatic rings. The molecule has 0 saturated heterocycles. The Labute approximate surface area is 125 Å². The van der Waals surface area contributed by atoms with E-state index in [-0.39, 0.29) is 30.1 Å². The second-order valence-electron chi connectivity index (χ2n) is 4.82. The molecule has 4 nitrogen and oxygen atoms in total. The molecule has 116 valence electrons. The van der Waals surface area contributed by atoms with E-state index in [0.717, 1.165) is 22.6 Å². The summed E-state index contributed by atoms with van der Waals surface area (Å²) in [5.74, 6) is -0.0105. The summed E-state index contributed by atoms with van der Waals surface area (Å²) >= 11 is -0.0148. The van der Waals surface area contributed by atoms with Crippen LogP contribution < -0.4 is 5.32 Å². The van der Waals surface area contributed by atoms with E-state index in [2.05, 4.69) is 15.4 Å². The highest BCUT2D eigenvalue weighted by Gasteiger charge is 2.27. The van der Waals surface area contributed by atoms with Crippen molar-refractivity contribution >= 4 is 17.4 Å². The molecule has 1 atom stereocenters. The van der Waals surface area contributed by atoms with Gasteiger partial charge in [-0.3, -0.25) is 0 Å². The number of alkyl halides is 3. The van der Waals surface area contributed by atoms with Gasteiger partial charge < -0.3 is 5.32 Å². The van der Waals surface area contributed by atoms with Crippen molar-refractivity contribution < 1.29 is 13.2 Å². The fourth-order valence-electron chi connectivity index (χ4n) is 2.15. The standard InChI is InChI=1S/C13H17F3N4S/c1-8-6-12-18-7-11(10(3)20(12)19-8)9(2)17-4-5-21-13(14,15)16/h6-7,9,17H,4-5H2,1-3H3. The van der Waals surface area contributed by atoms with Crippen molar-refractivity contribution in [3.05, 3.63) is 29.2 Å². The van der Waals surface area contributed by atoms with E-state index >= 15 is 0 Å². The molecule has 0 bridgehead atoms. The van der Waals surface area contributed by atoms with Crippen molar-refractivity contribution in [2.24, 2.45) is 0 Å². The van der Waals surface area contributed by atoms with Crippen LogP contribution >= 0.6 is 11.8 Å². The van der Waals surface area contributed by atoms with Crippen molar-refractivity contribution in [3.8, 4) is 0 Å². The summed E-state index contributed by atoms with van der Waals surface area (Å²) in [6.45, 7) is 6.01. The number of aryl methyl sites for hydroxylation is 2. The monoisotopic (exact) mass is 318 g/mol. The predicted octanol–water partition coefficient (Wildman–Crippen LogP) is 3.25. The number of thioether (sulfide) groups is 1. The maximum absolute atomic E-state index is 12.1. The number of hydrogen-bond donors (Lipinski definition) is 1. The van der Waals surface area contributed by atoms with Crippen molar-refractivity contribution in [2.75, 3.05) is 12.3 Å². The number of hydrogen-bond acceptors (Lipinski definition) is 4. The number of nitrogens with zero attached hydrogens (tertiary/aromatic N) is 3. The highest BCUT2D eigenvalue weighted by molar-refractivity contribution is 8.00. The normalized spacial score (nSPS) is 13.8. The Kier molecular flexibility index (Phi) is 4.77. The first-order valence-corrected chi connectivity index (χ1v) is 7.52. The maximum Gasteiger partial charge on any atom is 0.441 e. The molecule has 0 aliphatic heterocycles. The van der Waals surface area contributed by atoms with Gasteiger partial charge >= 0.3 is 5.51 Å². The third kappa shape index (κ3) is 4.10. The smallest absolute Gasteiger partial charge is 0.309 e. The number of nitrogens with one attached hydrogen (secondary N) is 1. The van der Waals surface area contributed by atoms with Crippen LogP contribution in [0.3, 0.4) is 0 Å². The average Bonchev–Trinajstić information content (AvgIpc) is 2.75.